The lowest BCUT2D eigenvalue weighted by molar-refractivity contribution is -0.390. The summed E-state index contributed by atoms with van der Waals surface area (Å²) in [5.41, 5.74) is 5.69. The molecule has 1 rings (SSSR count). The van der Waals surface area contributed by atoms with Crippen LogP contribution in [-0.2, 0) is 7.05 Å². The van der Waals surface area contributed by atoms with Gasteiger partial charge in [-0.15, -0.1) is 0 Å². The summed E-state index contributed by atoms with van der Waals surface area (Å²) in [6, 6.07) is -0.770. The van der Waals surface area contributed by atoms with E-state index in [0.717, 1.165) is 0 Å². The van der Waals surface area contributed by atoms with Gasteiger partial charge in [0, 0.05) is 7.05 Å². The third kappa shape index (κ3) is 1.65. The van der Waals surface area contributed by atoms with Crippen molar-refractivity contribution in [1.82, 2.24) is 9.55 Å². The molecular formula is C6H10N4O3. The summed E-state index contributed by atoms with van der Waals surface area (Å²) in [4.78, 5) is 13.4. The summed E-state index contributed by atoms with van der Waals surface area (Å²) >= 11 is 0. The Bertz CT molecular complexity index is 322. The Morgan fingerprint density at radius 3 is 3.00 bits per heavy atom. The average molecular weight is 186 g/mol. The molecule has 0 spiro atoms. The topological polar surface area (TPSA) is 107 Å². The number of aliphatic hydroxyl groups excluding tert-OH is 1. The lowest BCUT2D eigenvalue weighted by Gasteiger charge is -2.07. The van der Waals surface area contributed by atoms with Gasteiger partial charge in [-0.25, -0.2) is 0 Å². The van der Waals surface area contributed by atoms with Crippen LogP contribution >= 0.6 is 0 Å². The molecule has 1 aromatic rings. The predicted molar refractivity (Wildman–Crippen MR) is 43.9 cm³/mol. The second kappa shape index (κ2) is 3.50. The summed E-state index contributed by atoms with van der Waals surface area (Å²) < 4.78 is 1.43. The summed E-state index contributed by atoms with van der Waals surface area (Å²) in [5.74, 6) is -0.302. The molecule has 7 heteroatoms. The number of aryl methyl sites for hydroxylation is 1. The third-order valence-corrected chi connectivity index (χ3v) is 1.68. The van der Waals surface area contributed by atoms with Crippen molar-refractivity contribution < 1.29 is 10.0 Å². The molecule has 3 N–H and O–H groups in total. The first-order valence-corrected chi connectivity index (χ1v) is 3.60. The van der Waals surface area contributed by atoms with E-state index < -0.39 is 11.0 Å². The first-order chi connectivity index (χ1) is 6.07. The van der Waals surface area contributed by atoms with Crippen LogP contribution in [0.3, 0.4) is 0 Å². The quantitative estimate of drug-likeness (QED) is 0.480. The summed E-state index contributed by atoms with van der Waals surface area (Å²) in [6.45, 7) is -0.347. The molecule has 0 radical (unpaired) electrons. The van der Waals surface area contributed by atoms with Crippen LogP contribution in [0.15, 0.2) is 6.33 Å². The molecule has 0 bridgehead atoms. The first-order valence-electron chi connectivity index (χ1n) is 3.60. The number of hydrogen-bond donors (Lipinski definition) is 2. The van der Waals surface area contributed by atoms with Crippen LogP contribution < -0.4 is 5.73 Å². The van der Waals surface area contributed by atoms with E-state index in [1.807, 2.05) is 0 Å². The highest BCUT2D eigenvalue weighted by Gasteiger charge is 2.24. The molecule has 1 unspecified atom stereocenters. The van der Waals surface area contributed by atoms with Crippen LogP contribution in [0, 0.1) is 10.1 Å². The highest BCUT2D eigenvalue weighted by molar-refractivity contribution is 5.29. The SMILES string of the molecule is Cn1cnc([N+](=O)[O-])c1C(N)CO. The van der Waals surface area contributed by atoms with Gasteiger partial charge in [0.05, 0.1) is 12.6 Å². The van der Waals surface area contributed by atoms with Gasteiger partial charge < -0.3 is 25.5 Å². The van der Waals surface area contributed by atoms with Gasteiger partial charge in [-0.1, -0.05) is 0 Å². The second-order valence-corrected chi connectivity index (χ2v) is 2.61. The molecular weight excluding hydrogens is 176 g/mol. The van der Waals surface area contributed by atoms with Crippen molar-refractivity contribution in [1.29, 1.82) is 0 Å². The normalized spacial score (nSPS) is 12.8. The predicted octanol–water partition coefficient (Wildman–Crippen LogP) is -0.680. The zero-order valence-corrected chi connectivity index (χ0v) is 7.04. The van der Waals surface area contributed by atoms with Crippen molar-refractivity contribution in [3.8, 4) is 0 Å². The van der Waals surface area contributed by atoms with Gasteiger partial charge in [0.15, 0.2) is 0 Å². The van der Waals surface area contributed by atoms with E-state index in [-0.39, 0.29) is 18.1 Å². The molecule has 1 atom stereocenters. The molecule has 1 heterocycles. The smallest absolute Gasteiger partial charge is 0.386 e. The molecule has 0 aromatic carbocycles. The fraction of sp³-hybridized carbons (Fsp3) is 0.500. The van der Waals surface area contributed by atoms with Gasteiger partial charge >= 0.3 is 5.82 Å². The number of imidazole rings is 1. The molecule has 0 saturated heterocycles. The number of aromatic nitrogens is 2. The maximum absolute atomic E-state index is 10.4. The van der Waals surface area contributed by atoms with E-state index in [0.29, 0.717) is 0 Å². The summed E-state index contributed by atoms with van der Waals surface area (Å²) in [6.07, 6.45) is 1.29. The van der Waals surface area contributed by atoms with Crippen LogP contribution in [0.2, 0.25) is 0 Å². The van der Waals surface area contributed by atoms with Crippen LogP contribution in [-0.4, -0.2) is 26.2 Å². The van der Waals surface area contributed by atoms with E-state index in [9.17, 15) is 10.1 Å². The second-order valence-electron chi connectivity index (χ2n) is 2.61. The number of nitro groups is 1. The maximum Gasteiger partial charge on any atom is 0.386 e. The van der Waals surface area contributed by atoms with Gasteiger partial charge in [-0.05, 0) is 9.91 Å². The van der Waals surface area contributed by atoms with Crippen LogP contribution in [0.1, 0.15) is 11.7 Å². The molecule has 0 aliphatic rings. The molecule has 7 nitrogen and oxygen atoms in total. The zero-order chi connectivity index (χ0) is 10.0. The number of rotatable bonds is 3. The Hall–Kier alpha value is -1.47. The van der Waals surface area contributed by atoms with Crippen molar-refractivity contribution >= 4 is 5.82 Å². The molecule has 13 heavy (non-hydrogen) atoms. The third-order valence-electron chi connectivity index (χ3n) is 1.68. The Morgan fingerprint density at radius 2 is 2.54 bits per heavy atom. The molecule has 0 aliphatic heterocycles. The fourth-order valence-corrected chi connectivity index (χ4v) is 1.08. The molecule has 0 amide bonds. The molecule has 1 aromatic heterocycles. The van der Waals surface area contributed by atoms with Crippen molar-refractivity contribution in [3.05, 3.63) is 22.1 Å². The Balaban J connectivity index is 3.15. The standard InChI is InChI=1S/C6H10N4O3/c1-9-3-8-6(10(12)13)5(9)4(7)2-11/h3-4,11H,2,7H2,1H3. The van der Waals surface area contributed by atoms with Crippen molar-refractivity contribution in [2.24, 2.45) is 12.8 Å². The molecule has 72 valence electrons. The minimum atomic E-state index is -0.770. The van der Waals surface area contributed by atoms with Gasteiger partial charge in [0.1, 0.15) is 5.69 Å². The van der Waals surface area contributed by atoms with Gasteiger partial charge in [0.2, 0.25) is 6.33 Å². The highest BCUT2D eigenvalue weighted by atomic mass is 16.6. The van der Waals surface area contributed by atoms with Crippen LogP contribution in [0.25, 0.3) is 0 Å². The monoisotopic (exact) mass is 186 g/mol. The molecule has 0 saturated carbocycles. The Labute approximate surface area is 74.0 Å². The van der Waals surface area contributed by atoms with E-state index in [1.54, 1.807) is 7.05 Å². The average Bonchev–Trinajstić information content (AvgIpc) is 2.46. The van der Waals surface area contributed by atoms with Crippen LogP contribution in [0.4, 0.5) is 5.82 Å². The lowest BCUT2D eigenvalue weighted by atomic mass is 10.2. The zero-order valence-electron chi connectivity index (χ0n) is 7.04. The molecule has 0 aliphatic carbocycles. The Kier molecular flexibility index (Phi) is 2.59. The van der Waals surface area contributed by atoms with Gasteiger partial charge in [-0.3, -0.25) is 0 Å². The van der Waals surface area contributed by atoms with Gasteiger partial charge in [0.25, 0.3) is 0 Å². The Morgan fingerprint density at radius 1 is 1.92 bits per heavy atom. The number of hydrogen-bond acceptors (Lipinski definition) is 5. The number of aliphatic hydroxyl groups is 1. The summed E-state index contributed by atoms with van der Waals surface area (Å²) in [7, 11) is 1.59. The first kappa shape index (κ1) is 9.62. The fourth-order valence-electron chi connectivity index (χ4n) is 1.08. The van der Waals surface area contributed by atoms with E-state index in [2.05, 4.69) is 4.98 Å². The summed E-state index contributed by atoms with van der Waals surface area (Å²) in [5, 5.41) is 19.2. The minimum Gasteiger partial charge on any atom is -0.394 e. The number of nitrogens with two attached hydrogens (primary N) is 1. The van der Waals surface area contributed by atoms with E-state index >= 15 is 0 Å². The van der Waals surface area contributed by atoms with Crippen molar-refractivity contribution in [3.63, 3.8) is 0 Å². The van der Waals surface area contributed by atoms with E-state index in [1.165, 1.54) is 10.9 Å². The van der Waals surface area contributed by atoms with E-state index in [4.69, 9.17) is 10.8 Å². The van der Waals surface area contributed by atoms with Crippen LogP contribution in [0.5, 0.6) is 0 Å². The van der Waals surface area contributed by atoms with Crippen molar-refractivity contribution in [2.45, 2.75) is 6.04 Å². The molecule has 0 fully saturated rings. The number of nitrogens with zero attached hydrogens (tertiary/aromatic N) is 3. The van der Waals surface area contributed by atoms with Gasteiger partial charge in [-0.2, -0.15) is 0 Å². The highest BCUT2D eigenvalue weighted by Crippen LogP contribution is 2.20. The largest absolute Gasteiger partial charge is 0.394 e. The lowest BCUT2D eigenvalue weighted by Crippen LogP contribution is -2.18. The maximum atomic E-state index is 10.4. The minimum absolute atomic E-state index is 0.229. The van der Waals surface area contributed by atoms with Crippen molar-refractivity contribution in [2.75, 3.05) is 6.61 Å².